The Balaban J connectivity index is 0.00000200. The minimum atomic E-state index is -0.0199. The molecule has 1 aliphatic heterocycles. The summed E-state index contributed by atoms with van der Waals surface area (Å²) in [6.45, 7) is 1.53. The van der Waals surface area contributed by atoms with Crippen LogP contribution in [0.5, 0.6) is 5.75 Å². The van der Waals surface area contributed by atoms with Gasteiger partial charge in [-0.1, -0.05) is 24.6 Å². The molecule has 1 fully saturated rings. The molecule has 0 saturated carbocycles. The summed E-state index contributed by atoms with van der Waals surface area (Å²) in [7, 11) is 3.51. The number of rotatable bonds is 4. The average Bonchev–Trinajstić information content (AvgIpc) is 2.48. The van der Waals surface area contributed by atoms with Gasteiger partial charge in [-0.05, 0) is 25.5 Å². The summed E-state index contributed by atoms with van der Waals surface area (Å²) in [5.74, 6) is 1.00. The predicted octanol–water partition coefficient (Wildman–Crippen LogP) is 2.22. The van der Waals surface area contributed by atoms with Crippen LogP contribution in [0.2, 0.25) is 0 Å². The van der Waals surface area contributed by atoms with E-state index in [4.69, 9.17) is 4.74 Å². The Kier molecular flexibility index (Phi) is 6.82. The second-order valence-electron chi connectivity index (χ2n) is 5.01. The molecule has 0 radical (unpaired) electrons. The Morgan fingerprint density at radius 3 is 2.80 bits per heavy atom. The van der Waals surface area contributed by atoms with Crippen molar-refractivity contribution in [3.63, 3.8) is 0 Å². The van der Waals surface area contributed by atoms with Gasteiger partial charge in [-0.15, -0.1) is 12.4 Å². The molecule has 1 amide bonds. The van der Waals surface area contributed by atoms with E-state index in [1.165, 1.54) is 6.42 Å². The van der Waals surface area contributed by atoms with Crippen LogP contribution in [0.1, 0.15) is 24.8 Å². The maximum Gasteiger partial charge on any atom is 0.239 e. The van der Waals surface area contributed by atoms with Crippen LogP contribution in [0.25, 0.3) is 0 Å². The van der Waals surface area contributed by atoms with Crippen molar-refractivity contribution >= 4 is 18.3 Å². The second-order valence-corrected chi connectivity index (χ2v) is 5.01. The predicted molar refractivity (Wildman–Crippen MR) is 82.4 cm³/mol. The number of carbonyl (C=O) groups is 1. The van der Waals surface area contributed by atoms with Gasteiger partial charge in [-0.25, -0.2) is 0 Å². The number of likely N-dealkylation sites (N-methyl/N-ethyl adjacent to an activating group) is 1. The van der Waals surface area contributed by atoms with E-state index in [0.717, 1.165) is 30.7 Å². The molecule has 0 bridgehead atoms. The molecule has 112 valence electrons. The topological polar surface area (TPSA) is 41.6 Å². The fourth-order valence-corrected chi connectivity index (χ4v) is 2.50. The number of hydrogen-bond donors (Lipinski definition) is 1. The molecular weight excluding hydrogens is 276 g/mol. The minimum Gasteiger partial charge on any atom is -0.496 e. The molecule has 1 saturated heterocycles. The molecule has 0 spiro atoms. The van der Waals surface area contributed by atoms with Crippen molar-refractivity contribution in [2.75, 3.05) is 20.7 Å². The third-order valence-electron chi connectivity index (χ3n) is 3.58. The summed E-state index contributed by atoms with van der Waals surface area (Å²) in [6, 6.07) is 7.80. The van der Waals surface area contributed by atoms with E-state index in [2.05, 4.69) is 5.32 Å². The Bertz CT molecular complexity index is 434. The number of hydrogen-bond acceptors (Lipinski definition) is 3. The zero-order valence-corrected chi connectivity index (χ0v) is 12.9. The number of methoxy groups -OCH3 is 1. The first-order valence-corrected chi connectivity index (χ1v) is 6.82. The number of carbonyl (C=O) groups excluding carboxylic acids is 1. The van der Waals surface area contributed by atoms with E-state index < -0.39 is 0 Å². The van der Waals surface area contributed by atoms with Crippen molar-refractivity contribution in [2.45, 2.75) is 31.8 Å². The highest BCUT2D eigenvalue weighted by Crippen LogP contribution is 2.19. The van der Waals surface area contributed by atoms with E-state index in [1.807, 2.05) is 31.3 Å². The Morgan fingerprint density at radius 2 is 2.15 bits per heavy atom. The highest BCUT2D eigenvalue weighted by atomic mass is 35.5. The molecule has 4 nitrogen and oxygen atoms in total. The van der Waals surface area contributed by atoms with Crippen molar-refractivity contribution in [1.29, 1.82) is 0 Å². The van der Waals surface area contributed by atoms with Gasteiger partial charge in [0, 0.05) is 19.2 Å². The number of nitrogens with one attached hydrogen (secondary N) is 1. The number of ether oxygens (including phenoxy) is 1. The van der Waals surface area contributed by atoms with Gasteiger partial charge < -0.3 is 15.0 Å². The third-order valence-corrected chi connectivity index (χ3v) is 3.58. The SMILES string of the molecule is COc1ccccc1CN(C)C(=O)C1CCCCN1.Cl. The van der Waals surface area contributed by atoms with Crippen LogP contribution in [0.3, 0.4) is 0 Å². The molecule has 0 aliphatic carbocycles. The van der Waals surface area contributed by atoms with E-state index in [0.29, 0.717) is 6.54 Å². The maximum absolute atomic E-state index is 12.3. The standard InChI is InChI=1S/C15H22N2O2.ClH/c1-17(15(18)13-8-5-6-10-16-13)11-12-7-3-4-9-14(12)19-2;/h3-4,7,9,13,16H,5-6,8,10-11H2,1-2H3;1H. The van der Waals surface area contributed by atoms with Crippen molar-refractivity contribution in [2.24, 2.45) is 0 Å². The molecule has 1 heterocycles. The van der Waals surface area contributed by atoms with Gasteiger partial charge in [-0.2, -0.15) is 0 Å². The molecule has 1 atom stereocenters. The summed E-state index contributed by atoms with van der Waals surface area (Å²) >= 11 is 0. The number of benzene rings is 1. The number of amides is 1. The van der Waals surface area contributed by atoms with Crippen LogP contribution in [-0.2, 0) is 11.3 Å². The van der Waals surface area contributed by atoms with Gasteiger partial charge in [0.05, 0.1) is 13.2 Å². The molecule has 1 aromatic carbocycles. The highest BCUT2D eigenvalue weighted by molar-refractivity contribution is 5.85. The van der Waals surface area contributed by atoms with Crippen molar-refractivity contribution < 1.29 is 9.53 Å². The average molecular weight is 299 g/mol. The van der Waals surface area contributed by atoms with E-state index in [-0.39, 0.29) is 24.4 Å². The van der Waals surface area contributed by atoms with Gasteiger partial charge in [0.15, 0.2) is 0 Å². The first-order valence-electron chi connectivity index (χ1n) is 6.82. The molecule has 5 heteroatoms. The van der Waals surface area contributed by atoms with Crippen LogP contribution < -0.4 is 10.1 Å². The van der Waals surface area contributed by atoms with Gasteiger partial charge in [0.25, 0.3) is 0 Å². The Morgan fingerprint density at radius 1 is 1.40 bits per heavy atom. The highest BCUT2D eigenvalue weighted by Gasteiger charge is 2.23. The number of para-hydroxylation sites is 1. The number of nitrogens with zero attached hydrogens (tertiary/aromatic N) is 1. The number of halogens is 1. The first kappa shape index (κ1) is 16.8. The lowest BCUT2D eigenvalue weighted by Gasteiger charge is -2.27. The Hall–Kier alpha value is -1.26. The largest absolute Gasteiger partial charge is 0.496 e. The summed E-state index contributed by atoms with van der Waals surface area (Å²) in [5, 5.41) is 3.29. The van der Waals surface area contributed by atoms with Gasteiger partial charge in [0.2, 0.25) is 5.91 Å². The third kappa shape index (κ3) is 4.12. The summed E-state index contributed by atoms with van der Waals surface area (Å²) in [5.41, 5.74) is 1.04. The quantitative estimate of drug-likeness (QED) is 0.927. The first-order chi connectivity index (χ1) is 9.22. The summed E-state index contributed by atoms with van der Waals surface area (Å²) in [4.78, 5) is 14.1. The molecule has 20 heavy (non-hydrogen) atoms. The van der Waals surface area contributed by atoms with Crippen molar-refractivity contribution in [3.8, 4) is 5.75 Å². The summed E-state index contributed by atoms with van der Waals surface area (Å²) < 4.78 is 5.32. The molecule has 1 aromatic rings. The second kappa shape index (κ2) is 8.12. The van der Waals surface area contributed by atoms with E-state index >= 15 is 0 Å². The van der Waals surface area contributed by atoms with Crippen LogP contribution in [0.15, 0.2) is 24.3 Å². The molecule has 1 unspecified atom stereocenters. The smallest absolute Gasteiger partial charge is 0.239 e. The zero-order valence-electron chi connectivity index (χ0n) is 12.1. The van der Waals surface area contributed by atoms with Gasteiger partial charge in [0.1, 0.15) is 5.75 Å². The lowest BCUT2D eigenvalue weighted by atomic mass is 10.0. The minimum absolute atomic E-state index is 0. The lowest BCUT2D eigenvalue weighted by Crippen LogP contribution is -2.47. The maximum atomic E-state index is 12.3. The molecule has 1 N–H and O–H groups in total. The molecular formula is C15H23ClN2O2. The van der Waals surface area contributed by atoms with Crippen LogP contribution >= 0.6 is 12.4 Å². The monoisotopic (exact) mass is 298 g/mol. The van der Waals surface area contributed by atoms with Gasteiger partial charge in [-0.3, -0.25) is 4.79 Å². The molecule has 1 aliphatic rings. The zero-order chi connectivity index (χ0) is 13.7. The fourth-order valence-electron chi connectivity index (χ4n) is 2.50. The van der Waals surface area contributed by atoms with E-state index in [9.17, 15) is 4.79 Å². The lowest BCUT2D eigenvalue weighted by molar-refractivity contribution is -0.133. The van der Waals surface area contributed by atoms with Crippen molar-refractivity contribution in [1.82, 2.24) is 10.2 Å². The molecule has 0 aromatic heterocycles. The van der Waals surface area contributed by atoms with E-state index in [1.54, 1.807) is 12.0 Å². The van der Waals surface area contributed by atoms with Gasteiger partial charge >= 0.3 is 0 Å². The van der Waals surface area contributed by atoms with Crippen LogP contribution in [0.4, 0.5) is 0 Å². The molecule has 2 rings (SSSR count). The van der Waals surface area contributed by atoms with Crippen molar-refractivity contribution in [3.05, 3.63) is 29.8 Å². The van der Waals surface area contributed by atoms with Crippen LogP contribution in [0, 0.1) is 0 Å². The fraction of sp³-hybridized carbons (Fsp3) is 0.533. The Labute approximate surface area is 126 Å². The summed E-state index contributed by atoms with van der Waals surface area (Å²) in [6.07, 6.45) is 3.24. The number of piperidine rings is 1. The van der Waals surface area contributed by atoms with Crippen LogP contribution in [-0.4, -0.2) is 37.6 Å². The normalized spacial score (nSPS) is 18.0.